The second-order valence-corrected chi connectivity index (χ2v) is 26.4. The predicted octanol–water partition coefficient (Wildman–Crippen LogP) is 5.20. The third kappa shape index (κ3) is 4.82. The van der Waals surface area contributed by atoms with Gasteiger partial charge < -0.3 is 0 Å². The lowest BCUT2D eigenvalue weighted by atomic mass is 10.1. The van der Waals surface area contributed by atoms with Gasteiger partial charge in [0.15, 0.2) is 0 Å². The van der Waals surface area contributed by atoms with Crippen LogP contribution in [0.25, 0.3) is 0 Å². The van der Waals surface area contributed by atoms with Gasteiger partial charge in [0.25, 0.3) is 0 Å². The van der Waals surface area contributed by atoms with Gasteiger partial charge in [-0.05, 0) is 65.8 Å². The van der Waals surface area contributed by atoms with Crippen LogP contribution >= 0.6 is 0 Å². The summed E-state index contributed by atoms with van der Waals surface area (Å²) in [7, 11) is -3.61. The van der Waals surface area contributed by atoms with Gasteiger partial charge in [0.1, 0.15) is 0 Å². The minimum absolute atomic E-state index is 0.452. The molecular weight excluding hydrogens is 404 g/mol. The van der Waals surface area contributed by atoms with E-state index in [1.807, 2.05) is 65.8 Å². The number of benzene rings is 2. The van der Waals surface area contributed by atoms with E-state index in [4.69, 9.17) is 0 Å². The SMILES string of the molecule is CC(C)(C)N([O])c1ccc([Si](C)(C)[Si](C)(C)c2ccc(N([O])C(C)(C)C)cc2)cc1. The van der Waals surface area contributed by atoms with Crippen molar-refractivity contribution in [1.82, 2.24) is 0 Å². The largest absolute Gasteiger partial charge is 0.215 e. The number of hydrogen-bond donors (Lipinski definition) is 0. The van der Waals surface area contributed by atoms with Gasteiger partial charge in [-0.15, -0.1) is 0 Å². The molecule has 0 N–H and O–H groups in total. The van der Waals surface area contributed by atoms with Crippen LogP contribution in [-0.4, -0.2) is 26.3 Å². The maximum Gasteiger partial charge on any atom is 0.0791 e. The Balaban J connectivity index is 2.34. The van der Waals surface area contributed by atoms with Gasteiger partial charge >= 0.3 is 0 Å². The highest BCUT2D eigenvalue weighted by Gasteiger charge is 2.43. The summed E-state index contributed by atoms with van der Waals surface area (Å²) < 4.78 is 0. The second-order valence-electron chi connectivity index (χ2n) is 11.3. The van der Waals surface area contributed by atoms with Crippen molar-refractivity contribution in [2.24, 2.45) is 0 Å². The highest BCUT2D eigenvalue weighted by molar-refractivity contribution is 7.49. The number of nitrogens with zero attached hydrogens (tertiary/aromatic N) is 2. The Morgan fingerprint density at radius 3 is 0.967 bits per heavy atom. The second kappa shape index (κ2) is 8.15. The lowest BCUT2D eigenvalue weighted by Gasteiger charge is -2.40. The quantitative estimate of drug-likeness (QED) is 0.472. The third-order valence-corrected chi connectivity index (χ3v) is 24.2. The van der Waals surface area contributed by atoms with E-state index in [-0.39, 0.29) is 0 Å². The number of rotatable bonds is 5. The van der Waals surface area contributed by atoms with Gasteiger partial charge in [0.2, 0.25) is 0 Å². The van der Waals surface area contributed by atoms with E-state index in [2.05, 4.69) is 50.5 Å². The molecule has 0 bridgehead atoms. The molecule has 0 fully saturated rings. The fraction of sp³-hybridized carbons (Fsp3) is 0.500. The zero-order valence-corrected chi connectivity index (χ0v) is 22.3. The Bertz CT molecular complexity index is 775. The van der Waals surface area contributed by atoms with E-state index in [1.165, 1.54) is 10.4 Å². The molecule has 2 aromatic carbocycles. The molecule has 4 nitrogen and oxygen atoms in total. The molecule has 2 radical (unpaired) electrons. The molecular formula is C24H38N2O2Si2. The maximum absolute atomic E-state index is 12.5. The lowest BCUT2D eigenvalue weighted by Crippen LogP contribution is -2.69. The Kier molecular flexibility index (Phi) is 6.70. The van der Waals surface area contributed by atoms with Crippen LogP contribution in [0.15, 0.2) is 48.5 Å². The Hall–Kier alpha value is -1.61. The number of hydroxylamine groups is 2. The van der Waals surface area contributed by atoms with Crippen LogP contribution in [0.4, 0.5) is 11.4 Å². The van der Waals surface area contributed by atoms with Crippen molar-refractivity contribution in [3.05, 3.63) is 48.5 Å². The molecule has 0 aromatic heterocycles. The third-order valence-electron chi connectivity index (χ3n) is 6.43. The molecule has 0 aliphatic rings. The van der Waals surface area contributed by atoms with Crippen LogP contribution in [0.3, 0.4) is 0 Å². The van der Waals surface area contributed by atoms with Gasteiger partial charge in [-0.3, -0.25) is 0 Å². The molecule has 0 atom stereocenters. The molecule has 6 heteroatoms. The van der Waals surface area contributed by atoms with E-state index >= 15 is 0 Å². The standard InChI is InChI=1S/C24H38N2O2Si2/c1-23(2,3)25(27)19-11-15-21(16-12-19)29(7,8)30(9,10)22-17-13-20(14-18-22)26(28)24(4,5)6/h11-18H,1-10H3. The summed E-state index contributed by atoms with van der Waals surface area (Å²) in [6.07, 6.45) is 0. The summed E-state index contributed by atoms with van der Waals surface area (Å²) in [5.41, 5.74) is 0.509. The molecule has 2 rings (SSSR count). The smallest absolute Gasteiger partial charge is 0.0791 e. The van der Waals surface area contributed by atoms with Crippen LogP contribution < -0.4 is 20.5 Å². The summed E-state index contributed by atoms with van der Waals surface area (Å²) in [6, 6.07) is 16.5. The summed E-state index contributed by atoms with van der Waals surface area (Å²) in [5, 5.41) is 29.9. The molecule has 0 amide bonds. The fourth-order valence-corrected chi connectivity index (χ4v) is 12.3. The summed E-state index contributed by atoms with van der Waals surface area (Å²) in [5.74, 6) is 0. The van der Waals surface area contributed by atoms with Gasteiger partial charge in [0, 0.05) is 0 Å². The zero-order valence-electron chi connectivity index (χ0n) is 20.3. The molecule has 30 heavy (non-hydrogen) atoms. The van der Waals surface area contributed by atoms with Crippen molar-refractivity contribution < 1.29 is 10.4 Å². The van der Waals surface area contributed by atoms with Crippen molar-refractivity contribution >= 4 is 36.9 Å². The zero-order chi connectivity index (χ0) is 23.1. The minimum Gasteiger partial charge on any atom is -0.215 e. The van der Waals surface area contributed by atoms with Crippen LogP contribution in [-0.2, 0) is 10.4 Å². The van der Waals surface area contributed by atoms with Gasteiger partial charge in [-0.2, -0.15) is 0 Å². The van der Waals surface area contributed by atoms with Gasteiger partial charge in [-0.1, -0.05) is 71.2 Å². The number of hydrogen-bond acceptors (Lipinski definition) is 2. The molecule has 164 valence electrons. The molecule has 0 heterocycles. The first kappa shape index (κ1) is 24.7. The van der Waals surface area contributed by atoms with Crippen molar-refractivity contribution in [2.45, 2.75) is 78.8 Å². The summed E-state index contributed by atoms with van der Waals surface area (Å²) >= 11 is 0. The molecule has 0 unspecified atom stereocenters. The molecule has 0 aliphatic carbocycles. The minimum atomic E-state index is -1.81. The topological polar surface area (TPSA) is 46.3 Å². The Morgan fingerprint density at radius 2 is 0.767 bits per heavy atom. The van der Waals surface area contributed by atoms with E-state index in [1.54, 1.807) is 0 Å². The van der Waals surface area contributed by atoms with Gasteiger partial charge in [0.05, 0.1) is 37.6 Å². The molecule has 0 saturated heterocycles. The lowest BCUT2D eigenvalue weighted by molar-refractivity contribution is 0.102. The van der Waals surface area contributed by atoms with Crippen molar-refractivity contribution in [3.63, 3.8) is 0 Å². The predicted molar refractivity (Wildman–Crippen MR) is 133 cm³/mol. The van der Waals surface area contributed by atoms with Crippen LogP contribution in [0.2, 0.25) is 26.2 Å². The average Bonchev–Trinajstić information content (AvgIpc) is 2.65. The summed E-state index contributed by atoms with van der Waals surface area (Å²) in [6.45, 7) is 21.3. The fourth-order valence-electron chi connectivity index (χ4n) is 3.52. The normalized spacial score (nSPS) is 13.3. The van der Waals surface area contributed by atoms with Crippen LogP contribution in [0, 0.1) is 0 Å². The van der Waals surface area contributed by atoms with Crippen LogP contribution in [0.5, 0.6) is 0 Å². The van der Waals surface area contributed by atoms with Crippen molar-refractivity contribution in [3.8, 4) is 0 Å². The first-order chi connectivity index (χ1) is 13.5. The highest BCUT2D eigenvalue weighted by atomic mass is 29.3. The number of anilines is 2. The molecule has 2 aromatic rings. The molecule has 0 aliphatic heterocycles. The van der Waals surface area contributed by atoms with E-state index in [0.717, 1.165) is 10.1 Å². The highest BCUT2D eigenvalue weighted by Crippen LogP contribution is 2.26. The van der Waals surface area contributed by atoms with Crippen molar-refractivity contribution in [2.75, 3.05) is 10.1 Å². The maximum atomic E-state index is 12.5. The Morgan fingerprint density at radius 1 is 0.533 bits per heavy atom. The van der Waals surface area contributed by atoms with E-state index in [9.17, 15) is 10.4 Å². The monoisotopic (exact) mass is 442 g/mol. The summed E-state index contributed by atoms with van der Waals surface area (Å²) in [4.78, 5) is 0. The Labute approximate surface area is 184 Å². The van der Waals surface area contributed by atoms with E-state index < -0.39 is 26.3 Å². The van der Waals surface area contributed by atoms with Crippen molar-refractivity contribution in [1.29, 1.82) is 0 Å². The first-order valence-electron chi connectivity index (χ1n) is 10.7. The first-order valence-corrected chi connectivity index (χ1v) is 17.7. The molecule has 0 saturated carbocycles. The average molecular weight is 443 g/mol. The van der Waals surface area contributed by atoms with Crippen LogP contribution in [0.1, 0.15) is 41.5 Å². The van der Waals surface area contributed by atoms with Gasteiger partial charge in [-0.25, -0.2) is 10.1 Å². The van der Waals surface area contributed by atoms with E-state index in [0.29, 0.717) is 11.4 Å². The molecule has 0 spiro atoms.